The second-order valence-electron chi connectivity index (χ2n) is 4.50. The molecule has 0 aliphatic carbocycles. The van der Waals surface area contributed by atoms with Crippen molar-refractivity contribution in [2.75, 3.05) is 5.32 Å². The van der Waals surface area contributed by atoms with E-state index in [-0.39, 0.29) is 10.6 Å². The summed E-state index contributed by atoms with van der Waals surface area (Å²) in [7, 11) is 1.69. The second-order valence-corrected chi connectivity index (χ2v) is 4.50. The highest BCUT2D eigenvalue weighted by Gasteiger charge is 2.25. The van der Waals surface area contributed by atoms with E-state index in [9.17, 15) is 10.1 Å². The van der Waals surface area contributed by atoms with E-state index in [4.69, 9.17) is 0 Å². The monoisotopic (exact) mass is 275 g/mol. The maximum absolute atomic E-state index is 11.2. The molecule has 0 spiro atoms. The van der Waals surface area contributed by atoms with Gasteiger partial charge >= 0.3 is 5.69 Å². The van der Waals surface area contributed by atoms with E-state index < -0.39 is 0 Å². The average molecular weight is 275 g/mol. The highest BCUT2D eigenvalue weighted by atomic mass is 16.6. The van der Waals surface area contributed by atoms with Crippen LogP contribution in [0.15, 0.2) is 18.3 Å². The summed E-state index contributed by atoms with van der Waals surface area (Å²) in [6.45, 7) is 4.23. The summed E-state index contributed by atoms with van der Waals surface area (Å²) in [5.74, 6) is 0.414. The molecule has 0 aromatic carbocycles. The number of rotatable bonds is 5. The molecular weight excluding hydrogens is 258 g/mol. The zero-order valence-corrected chi connectivity index (χ0v) is 11.8. The van der Waals surface area contributed by atoms with Crippen LogP contribution in [0.5, 0.6) is 0 Å². The first kappa shape index (κ1) is 14.0. The summed E-state index contributed by atoms with van der Waals surface area (Å²) in [6.07, 6.45) is 2.23. The van der Waals surface area contributed by atoms with Crippen molar-refractivity contribution in [2.24, 2.45) is 7.05 Å². The molecule has 0 unspecified atom stereocenters. The molecule has 2 rings (SSSR count). The third-order valence-corrected chi connectivity index (χ3v) is 3.15. The van der Waals surface area contributed by atoms with Crippen molar-refractivity contribution in [1.29, 1.82) is 0 Å². The standard InChI is InChI=1S/C13H17N5O2/c1-4-10-12(18(19)20)13(17(3)16-10)15-8-11-9(2)6-5-7-14-11/h5-7,15H,4,8H2,1-3H3. The Balaban J connectivity index is 2.28. The van der Waals surface area contributed by atoms with Crippen LogP contribution in [0.25, 0.3) is 0 Å². The van der Waals surface area contributed by atoms with Crippen molar-refractivity contribution < 1.29 is 4.92 Å². The predicted molar refractivity (Wildman–Crippen MR) is 75.5 cm³/mol. The number of hydrogen-bond acceptors (Lipinski definition) is 5. The van der Waals surface area contributed by atoms with Crippen molar-refractivity contribution in [3.8, 4) is 0 Å². The molecule has 0 aliphatic heterocycles. The van der Waals surface area contributed by atoms with Crippen LogP contribution in [0.4, 0.5) is 11.5 Å². The molecule has 0 amide bonds. The summed E-state index contributed by atoms with van der Waals surface area (Å²) >= 11 is 0. The largest absolute Gasteiger partial charge is 0.359 e. The summed E-state index contributed by atoms with van der Waals surface area (Å²) in [5.41, 5.74) is 2.43. The first-order chi connectivity index (χ1) is 9.54. The fourth-order valence-electron chi connectivity index (χ4n) is 2.07. The molecule has 0 atom stereocenters. The number of nitrogens with one attached hydrogen (secondary N) is 1. The van der Waals surface area contributed by atoms with Gasteiger partial charge in [-0.25, -0.2) is 4.68 Å². The molecule has 1 N–H and O–H groups in total. The summed E-state index contributed by atoms with van der Waals surface area (Å²) in [4.78, 5) is 15.1. The third-order valence-electron chi connectivity index (χ3n) is 3.15. The minimum absolute atomic E-state index is 0.0450. The van der Waals surface area contributed by atoms with Gasteiger partial charge in [0.05, 0.1) is 17.2 Å². The van der Waals surface area contributed by atoms with E-state index >= 15 is 0 Å². The molecule has 7 heteroatoms. The Morgan fingerprint density at radius 1 is 1.45 bits per heavy atom. The molecule has 2 aromatic rings. The highest BCUT2D eigenvalue weighted by Crippen LogP contribution is 2.28. The van der Waals surface area contributed by atoms with Gasteiger partial charge in [-0.15, -0.1) is 0 Å². The Morgan fingerprint density at radius 3 is 2.80 bits per heavy atom. The summed E-state index contributed by atoms with van der Waals surface area (Å²) < 4.78 is 1.51. The number of nitro groups is 1. The number of aryl methyl sites for hydroxylation is 3. The quantitative estimate of drug-likeness (QED) is 0.667. The molecule has 20 heavy (non-hydrogen) atoms. The zero-order chi connectivity index (χ0) is 14.7. The molecule has 0 saturated heterocycles. The Hall–Kier alpha value is -2.44. The van der Waals surface area contributed by atoms with E-state index in [1.807, 2.05) is 26.0 Å². The number of pyridine rings is 1. The Kier molecular flexibility index (Phi) is 3.97. The van der Waals surface area contributed by atoms with E-state index in [0.29, 0.717) is 24.5 Å². The van der Waals surface area contributed by atoms with E-state index in [1.165, 1.54) is 4.68 Å². The first-order valence-corrected chi connectivity index (χ1v) is 6.39. The average Bonchev–Trinajstić information content (AvgIpc) is 2.74. The molecular formula is C13H17N5O2. The normalized spacial score (nSPS) is 10.6. The maximum Gasteiger partial charge on any atom is 0.333 e. The molecule has 2 aromatic heterocycles. The van der Waals surface area contributed by atoms with Gasteiger partial charge in [0.25, 0.3) is 0 Å². The lowest BCUT2D eigenvalue weighted by molar-refractivity contribution is -0.384. The van der Waals surface area contributed by atoms with Crippen LogP contribution in [-0.2, 0) is 20.0 Å². The van der Waals surface area contributed by atoms with Crippen molar-refractivity contribution in [3.63, 3.8) is 0 Å². The number of hydrogen-bond donors (Lipinski definition) is 1. The molecule has 0 radical (unpaired) electrons. The lowest BCUT2D eigenvalue weighted by Crippen LogP contribution is -2.08. The number of nitrogens with zero attached hydrogens (tertiary/aromatic N) is 4. The lowest BCUT2D eigenvalue weighted by atomic mass is 10.2. The predicted octanol–water partition coefficient (Wildman–Crippen LogP) is 2.21. The topological polar surface area (TPSA) is 85.9 Å². The van der Waals surface area contributed by atoms with Gasteiger partial charge in [0.15, 0.2) is 0 Å². The van der Waals surface area contributed by atoms with Gasteiger partial charge in [-0.05, 0) is 25.0 Å². The lowest BCUT2D eigenvalue weighted by Gasteiger charge is -2.07. The van der Waals surface area contributed by atoms with E-state index in [2.05, 4.69) is 15.4 Å². The van der Waals surface area contributed by atoms with Crippen molar-refractivity contribution in [3.05, 3.63) is 45.4 Å². The van der Waals surface area contributed by atoms with Gasteiger partial charge < -0.3 is 5.32 Å². The molecule has 0 aliphatic rings. The van der Waals surface area contributed by atoms with Gasteiger partial charge in [-0.2, -0.15) is 5.10 Å². The van der Waals surface area contributed by atoms with Crippen molar-refractivity contribution in [2.45, 2.75) is 26.8 Å². The first-order valence-electron chi connectivity index (χ1n) is 6.39. The Bertz CT molecular complexity index is 636. The zero-order valence-electron chi connectivity index (χ0n) is 11.8. The minimum Gasteiger partial charge on any atom is -0.359 e. The number of aromatic nitrogens is 3. The van der Waals surface area contributed by atoms with Crippen LogP contribution in [0, 0.1) is 17.0 Å². The van der Waals surface area contributed by atoms with Crippen LogP contribution in [-0.4, -0.2) is 19.7 Å². The maximum atomic E-state index is 11.2. The van der Waals surface area contributed by atoms with Gasteiger partial charge in [0.2, 0.25) is 5.82 Å². The highest BCUT2D eigenvalue weighted by molar-refractivity contribution is 5.59. The summed E-state index contributed by atoms with van der Waals surface area (Å²) in [6, 6.07) is 3.82. The molecule has 106 valence electrons. The van der Waals surface area contributed by atoms with Gasteiger partial charge in [-0.1, -0.05) is 13.0 Å². The summed E-state index contributed by atoms with van der Waals surface area (Å²) in [5, 5.41) is 18.4. The third kappa shape index (κ3) is 2.61. The SMILES string of the molecule is CCc1nn(C)c(NCc2ncccc2C)c1[N+](=O)[O-]. The van der Waals surface area contributed by atoms with Crippen molar-refractivity contribution in [1.82, 2.24) is 14.8 Å². The minimum atomic E-state index is -0.389. The van der Waals surface area contributed by atoms with Gasteiger partial charge in [-0.3, -0.25) is 15.1 Å². The van der Waals surface area contributed by atoms with Crippen LogP contribution in [0.1, 0.15) is 23.9 Å². The molecule has 7 nitrogen and oxygen atoms in total. The van der Waals surface area contributed by atoms with Crippen LogP contribution in [0.3, 0.4) is 0 Å². The van der Waals surface area contributed by atoms with E-state index in [0.717, 1.165) is 11.3 Å². The fraction of sp³-hybridized carbons (Fsp3) is 0.385. The fourth-order valence-corrected chi connectivity index (χ4v) is 2.07. The Labute approximate surface area is 116 Å². The van der Waals surface area contributed by atoms with Gasteiger partial charge in [0, 0.05) is 13.2 Å². The Morgan fingerprint density at radius 2 is 2.20 bits per heavy atom. The van der Waals surface area contributed by atoms with Crippen LogP contribution >= 0.6 is 0 Å². The van der Waals surface area contributed by atoms with Crippen molar-refractivity contribution >= 4 is 11.5 Å². The smallest absolute Gasteiger partial charge is 0.333 e. The van der Waals surface area contributed by atoms with Crippen LogP contribution < -0.4 is 5.32 Å². The molecule has 0 fully saturated rings. The van der Waals surface area contributed by atoms with Crippen LogP contribution in [0.2, 0.25) is 0 Å². The molecule has 0 saturated carbocycles. The molecule has 2 heterocycles. The second kappa shape index (κ2) is 5.68. The van der Waals surface area contributed by atoms with Gasteiger partial charge in [0.1, 0.15) is 5.69 Å². The molecule has 0 bridgehead atoms. The van der Waals surface area contributed by atoms with E-state index in [1.54, 1.807) is 13.2 Å². The number of anilines is 1.